The summed E-state index contributed by atoms with van der Waals surface area (Å²) < 4.78 is 13.9. The van der Waals surface area contributed by atoms with Gasteiger partial charge in [-0.3, -0.25) is 4.99 Å². The Hall–Kier alpha value is -1.26. The van der Waals surface area contributed by atoms with Gasteiger partial charge in [-0.15, -0.1) is 35.3 Å². The van der Waals surface area contributed by atoms with Crippen LogP contribution in [0.3, 0.4) is 0 Å². The van der Waals surface area contributed by atoms with Gasteiger partial charge in [0.05, 0.1) is 17.2 Å². The van der Waals surface area contributed by atoms with Gasteiger partial charge in [-0.2, -0.15) is 0 Å². The third-order valence-corrected chi connectivity index (χ3v) is 4.51. The molecule has 144 valence electrons. The van der Waals surface area contributed by atoms with Crippen LogP contribution in [0, 0.1) is 12.7 Å². The highest BCUT2D eigenvalue weighted by Crippen LogP contribution is 2.13. The van der Waals surface area contributed by atoms with Gasteiger partial charge in [0, 0.05) is 38.1 Å². The molecule has 0 saturated heterocycles. The average molecular weight is 491 g/mol. The number of aryl methyl sites for hydroxylation is 1. The van der Waals surface area contributed by atoms with Crippen molar-refractivity contribution < 1.29 is 4.39 Å². The minimum atomic E-state index is -0.169. The van der Waals surface area contributed by atoms with E-state index >= 15 is 0 Å². The van der Waals surface area contributed by atoms with Crippen molar-refractivity contribution in [2.24, 2.45) is 4.99 Å². The number of benzene rings is 1. The van der Waals surface area contributed by atoms with E-state index in [2.05, 4.69) is 20.7 Å². The van der Waals surface area contributed by atoms with Crippen LogP contribution in [0.1, 0.15) is 21.8 Å². The number of halogens is 2. The lowest BCUT2D eigenvalue weighted by Crippen LogP contribution is -2.38. The van der Waals surface area contributed by atoms with Crippen molar-refractivity contribution in [1.29, 1.82) is 0 Å². The van der Waals surface area contributed by atoms with Gasteiger partial charge in [0.1, 0.15) is 5.82 Å². The highest BCUT2D eigenvalue weighted by atomic mass is 127. The SMILES string of the molecule is CN=C(NCc1ccc(F)c(CN(C)C)c1)N(C)Cc1csc(C)n1.I. The molecule has 8 heteroatoms. The lowest BCUT2D eigenvalue weighted by atomic mass is 10.1. The van der Waals surface area contributed by atoms with Gasteiger partial charge in [-0.1, -0.05) is 6.07 Å². The quantitative estimate of drug-likeness (QED) is 0.382. The van der Waals surface area contributed by atoms with Gasteiger partial charge in [-0.05, 0) is 38.7 Å². The summed E-state index contributed by atoms with van der Waals surface area (Å²) in [5.74, 6) is 0.613. The molecule has 0 fully saturated rings. The van der Waals surface area contributed by atoms with E-state index in [4.69, 9.17) is 0 Å². The van der Waals surface area contributed by atoms with E-state index in [0.717, 1.165) is 22.2 Å². The lowest BCUT2D eigenvalue weighted by Gasteiger charge is -2.21. The molecule has 0 atom stereocenters. The normalized spacial score (nSPS) is 11.4. The van der Waals surface area contributed by atoms with Crippen LogP contribution in [0.5, 0.6) is 0 Å². The molecule has 1 aromatic heterocycles. The summed E-state index contributed by atoms with van der Waals surface area (Å²) in [6.45, 7) is 3.87. The molecular weight excluding hydrogens is 464 g/mol. The first-order valence-corrected chi connectivity index (χ1v) is 9.02. The monoisotopic (exact) mass is 491 g/mol. The minimum absolute atomic E-state index is 0. The Morgan fingerprint density at radius 2 is 2.00 bits per heavy atom. The molecule has 0 amide bonds. The molecule has 2 rings (SSSR count). The first kappa shape index (κ1) is 22.8. The van der Waals surface area contributed by atoms with Crippen LogP contribution in [-0.4, -0.2) is 48.9 Å². The van der Waals surface area contributed by atoms with E-state index in [1.54, 1.807) is 24.5 Å². The summed E-state index contributed by atoms with van der Waals surface area (Å²) in [6.07, 6.45) is 0. The molecule has 0 aliphatic rings. The number of hydrogen-bond acceptors (Lipinski definition) is 4. The first-order valence-electron chi connectivity index (χ1n) is 8.14. The van der Waals surface area contributed by atoms with Gasteiger partial charge >= 0.3 is 0 Å². The molecule has 26 heavy (non-hydrogen) atoms. The van der Waals surface area contributed by atoms with E-state index in [1.165, 1.54) is 6.07 Å². The third kappa shape index (κ3) is 6.81. The number of aromatic nitrogens is 1. The zero-order valence-corrected chi connectivity index (χ0v) is 19.1. The number of rotatable bonds is 6. The molecule has 0 radical (unpaired) electrons. The Balaban J connectivity index is 0.00000338. The fourth-order valence-electron chi connectivity index (χ4n) is 2.56. The van der Waals surface area contributed by atoms with Gasteiger partial charge < -0.3 is 15.1 Å². The maximum absolute atomic E-state index is 13.9. The maximum Gasteiger partial charge on any atom is 0.194 e. The summed E-state index contributed by atoms with van der Waals surface area (Å²) in [5.41, 5.74) is 2.76. The smallest absolute Gasteiger partial charge is 0.194 e. The van der Waals surface area contributed by atoms with E-state index in [9.17, 15) is 4.39 Å². The molecule has 1 heterocycles. The van der Waals surface area contributed by atoms with Crippen LogP contribution in [0.25, 0.3) is 0 Å². The van der Waals surface area contributed by atoms with Gasteiger partial charge in [0.2, 0.25) is 0 Å². The van der Waals surface area contributed by atoms with Gasteiger partial charge in [0.25, 0.3) is 0 Å². The summed E-state index contributed by atoms with van der Waals surface area (Å²) in [5, 5.41) is 6.45. The van der Waals surface area contributed by atoms with Crippen molar-refractivity contribution >= 4 is 41.3 Å². The summed E-state index contributed by atoms with van der Waals surface area (Å²) >= 11 is 1.65. The van der Waals surface area contributed by atoms with E-state index in [0.29, 0.717) is 25.2 Å². The molecule has 5 nitrogen and oxygen atoms in total. The lowest BCUT2D eigenvalue weighted by molar-refractivity contribution is 0.392. The molecule has 1 N–H and O–H groups in total. The number of nitrogens with one attached hydrogen (secondary N) is 1. The fourth-order valence-corrected chi connectivity index (χ4v) is 3.17. The van der Waals surface area contributed by atoms with Crippen LogP contribution >= 0.6 is 35.3 Å². The van der Waals surface area contributed by atoms with Crippen LogP contribution in [0.15, 0.2) is 28.6 Å². The Bertz CT molecular complexity index is 732. The summed E-state index contributed by atoms with van der Waals surface area (Å²) in [6, 6.07) is 5.23. The Labute approximate surface area is 176 Å². The zero-order valence-electron chi connectivity index (χ0n) is 15.9. The third-order valence-electron chi connectivity index (χ3n) is 3.69. The molecule has 2 aromatic rings. The van der Waals surface area contributed by atoms with Crippen LogP contribution in [0.4, 0.5) is 4.39 Å². The zero-order chi connectivity index (χ0) is 18.4. The molecular formula is C18H27FIN5S. The van der Waals surface area contributed by atoms with Crippen molar-refractivity contribution in [2.45, 2.75) is 26.6 Å². The van der Waals surface area contributed by atoms with Crippen molar-refractivity contribution in [3.8, 4) is 0 Å². The molecule has 0 unspecified atom stereocenters. The van der Waals surface area contributed by atoms with Crippen molar-refractivity contribution in [3.05, 3.63) is 51.2 Å². The maximum atomic E-state index is 13.9. The number of aliphatic imine (C=N–C) groups is 1. The van der Waals surface area contributed by atoms with Crippen LogP contribution in [0.2, 0.25) is 0 Å². The minimum Gasteiger partial charge on any atom is -0.352 e. The van der Waals surface area contributed by atoms with E-state index < -0.39 is 0 Å². The largest absolute Gasteiger partial charge is 0.352 e. The molecule has 0 spiro atoms. The predicted molar refractivity (Wildman–Crippen MR) is 118 cm³/mol. The Morgan fingerprint density at radius 1 is 1.27 bits per heavy atom. The van der Waals surface area contributed by atoms with Crippen molar-refractivity contribution in [1.82, 2.24) is 20.1 Å². The number of guanidine groups is 1. The topological polar surface area (TPSA) is 43.8 Å². The fraction of sp³-hybridized carbons (Fsp3) is 0.444. The van der Waals surface area contributed by atoms with Crippen molar-refractivity contribution in [2.75, 3.05) is 28.2 Å². The number of nitrogens with zero attached hydrogens (tertiary/aromatic N) is 4. The van der Waals surface area contributed by atoms with E-state index in [1.807, 2.05) is 43.9 Å². The summed E-state index contributed by atoms with van der Waals surface area (Å²) in [4.78, 5) is 12.8. The number of thiazole rings is 1. The molecule has 1 aromatic carbocycles. The molecule has 0 aliphatic carbocycles. The second-order valence-electron chi connectivity index (χ2n) is 6.28. The molecule has 0 bridgehead atoms. The first-order chi connectivity index (χ1) is 11.9. The molecule has 0 aliphatic heterocycles. The highest BCUT2D eigenvalue weighted by Gasteiger charge is 2.10. The standard InChI is InChI=1S/C18H26FN5S.HI/c1-13-22-16(12-25-13)11-24(5)18(20-2)21-9-14-6-7-17(19)15(8-14)10-23(3)4;/h6-8,12H,9-11H2,1-5H3,(H,20,21);1H. The van der Waals surface area contributed by atoms with Crippen molar-refractivity contribution in [3.63, 3.8) is 0 Å². The van der Waals surface area contributed by atoms with E-state index in [-0.39, 0.29) is 29.8 Å². The van der Waals surface area contributed by atoms with Crippen LogP contribution < -0.4 is 5.32 Å². The molecule has 0 saturated carbocycles. The predicted octanol–water partition coefficient (Wildman–Crippen LogP) is 3.48. The van der Waals surface area contributed by atoms with Gasteiger partial charge in [-0.25, -0.2) is 9.37 Å². The second-order valence-corrected chi connectivity index (χ2v) is 7.34. The van der Waals surface area contributed by atoms with Gasteiger partial charge in [0.15, 0.2) is 5.96 Å². The summed E-state index contributed by atoms with van der Waals surface area (Å²) in [7, 11) is 7.60. The van der Waals surface area contributed by atoms with Crippen LogP contribution in [-0.2, 0) is 19.6 Å². The Kier molecular flexibility index (Phi) is 9.45. The highest BCUT2D eigenvalue weighted by molar-refractivity contribution is 14.0. The second kappa shape index (κ2) is 10.8. The Morgan fingerprint density at radius 3 is 2.58 bits per heavy atom. The average Bonchev–Trinajstić information content (AvgIpc) is 2.95. The number of hydrogen-bond donors (Lipinski definition) is 1.